The van der Waals surface area contributed by atoms with E-state index in [0.29, 0.717) is 6.54 Å². The molecule has 4 aliphatic heterocycles. The third kappa shape index (κ3) is 14.6. The fourth-order valence-corrected chi connectivity index (χ4v) is 16.6. The molecular formula is C45H56N19O31P5-4. The Morgan fingerprint density at radius 3 is 1.69 bits per heavy atom. The van der Waals surface area contributed by atoms with Gasteiger partial charge in [-0.05, 0) is 13.8 Å². The van der Waals surface area contributed by atoms with Crippen molar-refractivity contribution in [2.75, 3.05) is 56.9 Å². The van der Waals surface area contributed by atoms with Crippen LogP contribution >= 0.6 is 39.1 Å². The Labute approximate surface area is 554 Å². The van der Waals surface area contributed by atoms with Crippen LogP contribution in [0, 0.1) is 6.92 Å². The number of hydrogen-bond acceptors (Lipinski definition) is 42. The zero-order valence-corrected chi connectivity index (χ0v) is 55.7. The molecule has 8 aromatic rings. The molecule has 0 spiro atoms. The first kappa shape index (κ1) is 73.0. The molecule has 8 aromatic heterocycles. The van der Waals surface area contributed by atoms with Crippen LogP contribution in [0.15, 0.2) is 46.0 Å². The average molecular weight is 1510 g/mol. The number of phosphoric acid groups is 5. The zero-order chi connectivity index (χ0) is 72.0. The van der Waals surface area contributed by atoms with E-state index in [9.17, 15) is 87.2 Å². The van der Waals surface area contributed by atoms with Gasteiger partial charge in [0, 0.05) is 13.7 Å². The van der Waals surface area contributed by atoms with E-state index in [1.54, 1.807) is 6.92 Å². The van der Waals surface area contributed by atoms with Gasteiger partial charge in [-0.3, -0.25) is 65.4 Å². The van der Waals surface area contributed by atoms with Crippen LogP contribution in [-0.4, -0.2) is 212 Å². The molecule has 13 N–H and O–H groups in total. The van der Waals surface area contributed by atoms with Crippen LogP contribution in [0.3, 0.4) is 0 Å². The van der Waals surface area contributed by atoms with Gasteiger partial charge < -0.3 is 123 Å². The number of hydrogen-bond donors (Lipinski definition) is 11. The fourth-order valence-electron chi connectivity index (χ4n) is 11.3. The minimum absolute atomic E-state index is 0.0372. The van der Waals surface area contributed by atoms with E-state index in [0.717, 1.165) is 50.7 Å². The number of methoxy groups -OCH3 is 1. The minimum Gasteiger partial charge on any atom is -0.756 e. The highest BCUT2D eigenvalue weighted by Gasteiger charge is 2.53. The summed E-state index contributed by atoms with van der Waals surface area (Å²) >= 11 is 0. The number of nitrogens with one attached hydrogen (secondary N) is 4. The summed E-state index contributed by atoms with van der Waals surface area (Å²) in [5.41, 5.74) is 7.98. The molecule has 12 heterocycles. The van der Waals surface area contributed by atoms with Crippen molar-refractivity contribution in [3.63, 3.8) is 0 Å². The summed E-state index contributed by atoms with van der Waals surface area (Å²) in [6.07, 6.45) is -25.1. The van der Waals surface area contributed by atoms with Gasteiger partial charge in [0.2, 0.25) is 17.7 Å². The molecule has 0 aromatic carbocycles. The molecule has 12 rings (SSSR count). The highest BCUT2D eigenvalue weighted by Crippen LogP contribution is 2.63. The van der Waals surface area contributed by atoms with E-state index < -0.39 is 192 Å². The number of aromatic nitrogens is 16. The van der Waals surface area contributed by atoms with Crippen molar-refractivity contribution in [3.8, 4) is 0 Å². The summed E-state index contributed by atoms with van der Waals surface area (Å²) in [6.45, 7) is -1.82. The molecule has 55 heteroatoms. The Morgan fingerprint density at radius 1 is 0.570 bits per heavy atom. The monoisotopic (exact) mass is 1510 g/mol. The number of ether oxygens (including phenoxy) is 5. The number of phosphoric ester groups is 4. The second kappa shape index (κ2) is 27.8. The molecule has 5 unspecified atom stereocenters. The summed E-state index contributed by atoms with van der Waals surface area (Å²) in [5, 5.41) is 58.5. The van der Waals surface area contributed by atoms with E-state index in [1.165, 1.54) is 24.9 Å². The predicted molar refractivity (Wildman–Crippen MR) is 311 cm³/mol. The second-order valence-corrected chi connectivity index (χ2v) is 29.5. The number of rotatable bonds is 27. The minimum atomic E-state index is -6.73. The number of anilines is 3. The molecule has 4 aliphatic rings. The molecule has 21 atom stereocenters. The maximum absolute atomic E-state index is 14.2. The number of aromatic amines is 3. The van der Waals surface area contributed by atoms with Crippen molar-refractivity contribution in [1.82, 2.24) is 73.1 Å². The van der Waals surface area contributed by atoms with Gasteiger partial charge in [-0.25, -0.2) is 43.1 Å². The van der Waals surface area contributed by atoms with Crippen molar-refractivity contribution in [2.45, 2.75) is 112 Å². The number of aryl methyl sites for hydroxylation is 2. The topological polar surface area (TPSA) is 711 Å². The number of fused-ring (bicyclic) bond motifs is 4. The van der Waals surface area contributed by atoms with Crippen LogP contribution in [0.1, 0.15) is 37.7 Å². The largest absolute Gasteiger partial charge is 0.756 e. The lowest BCUT2D eigenvalue weighted by molar-refractivity contribution is -0.745. The molecule has 0 bridgehead atoms. The van der Waals surface area contributed by atoms with Crippen LogP contribution in [-0.2, 0) is 89.3 Å². The smallest absolute Gasteiger partial charge is 0.313 e. The number of aliphatic hydroxyl groups excluding tert-OH is 5. The quantitative estimate of drug-likeness (QED) is 0.0168. The summed E-state index contributed by atoms with van der Waals surface area (Å²) < 4.78 is 140. The molecule has 546 valence electrons. The third-order valence-electron chi connectivity index (χ3n) is 15.6. The first-order valence-electron chi connectivity index (χ1n) is 28.9. The zero-order valence-electron chi connectivity index (χ0n) is 51.2. The predicted octanol–water partition coefficient (Wildman–Crippen LogP) is -7.82. The molecule has 100 heavy (non-hydrogen) atoms. The summed E-state index contributed by atoms with van der Waals surface area (Å²) in [7, 11) is -29.1. The first-order valence-corrected chi connectivity index (χ1v) is 36.2. The Morgan fingerprint density at radius 2 is 1.06 bits per heavy atom. The molecule has 0 radical (unpaired) electrons. The van der Waals surface area contributed by atoms with Crippen LogP contribution < -0.4 is 62.5 Å². The van der Waals surface area contributed by atoms with Crippen molar-refractivity contribution in [1.29, 1.82) is 0 Å². The van der Waals surface area contributed by atoms with E-state index in [1.807, 2.05) is 0 Å². The molecular weight excluding hydrogens is 1460 g/mol. The Hall–Kier alpha value is -6.77. The molecule has 4 saturated heterocycles. The van der Waals surface area contributed by atoms with Gasteiger partial charge in [0.15, 0.2) is 64.3 Å². The highest BCUT2D eigenvalue weighted by atomic mass is 31.3. The molecule has 4 fully saturated rings. The average Bonchev–Trinajstić information content (AvgIpc) is 1.62. The number of nitrogens with two attached hydrogens (primary N) is 2. The number of nitrogen functional groups attached to an aromatic ring is 2. The SMILES string of the molecule is CCNc1ncnc2c1ncn2[C@@H]1O[C@H](COP(=O)([O-])O[C@H]2[C@@H](OC)[C@H](n3cnc4c(=O)[nH]c(N)nc43)O[C@@H]2COP(=O)([O-])OP(=O)([O-])OP(=O)([O-])OC[C@H]2O[C@@H]([n+]3cn(C)c4c(=O)[nH]c(N)nc43)[C@H](O)[C@@H]2O)[C@@H](OP(=O)([O-])OC[C@H]2O[C@@H](n3cnc4c(=O)[nH]c(C)nc43)[C@H](O)[C@@H]2O)[C@H]1O. The Bertz CT molecular complexity index is 4860. The second-order valence-electron chi connectivity index (χ2n) is 22.2. The first-order chi connectivity index (χ1) is 47.1. The highest BCUT2D eigenvalue weighted by molar-refractivity contribution is 7.65. The van der Waals surface area contributed by atoms with E-state index in [-0.39, 0.29) is 56.7 Å². The fraction of sp³-hybridized carbons (Fsp3) is 0.556. The van der Waals surface area contributed by atoms with Crippen molar-refractivity contribution in [2.24, 2.45) is 7.05 Å². The van der Waals surface area contributed by atoms with E-state index >= 15 is 0 Å². The molecule has 0 aliphatic carbocycles. The van der Waals surface area contributed by atoms with Gasteiger partial charge in [0.1, 0.15) is 85.4 Å². The maximum Gasteiger partial charge on any atom is 0.313 e. The van der Waals surface area contributed by atoms with Gasteiger partial charge in [-0.15, -0.1) is 0 Å². The lowest BCUT2D eigenvalue weighted by Gasteiger charge is -2.35. The van der Waals surface area contributed by atoms with Gasteiger partial charge in [0.05, 0.1) is 52.5 Å². The van der Waals surface area contributed by atoms with E-state index in [2.05, 4.69) is 73.3 Å². The normalized spacial score (nSPS) is 30.3. The van der Waals surface area contributed by atoms with Crippen molar-refractivity contribution < 1.29 is 137 Å². The van der Waals surface area contributed by atoms with Gasteiger partial charge in [-0.2, -0.15) is 4.98 Å². The van der Waals surface area contributed by atoms with Gasteiger partial charge in [-0.1, -0.05) is 4.98 Å². The molecule has 0 saturated carbocycles. The molecule has 50 nitrogen and oxygen atoms in total. The van der Waals surface area contributed by atoms with Gasteiger partial charge in [0.25, 0.3) is 61.7 Å². The van der Waals surface area contributed by atoms with Crippen molar-refractivity contribution >= 4 is 101 Å². The summed E-state index contributed by atoms with van der Waals surface area (Å²) in [6, 6.07) is 0. The Kier molecular flexibility index (Phi) is 20.3. The summed E-state index contributed by atoms with van der Waals surface area (Å²) in [5.74, 6) is -0.514. The number of H-pyrrole nitrogens is 3. The third-order valence-corrected chi connectivity index (χ3v) is 21.7. The van der Waals surface area contributed by atoms with E-state index in [4.69, 9.17) is 57.8 Å². The lowest BCUT2D eigenvalue weighted by atomic mass is 10.1. The molecule has 0 amide bonds. The number of imidazole rings is 4. The van der Waals surface area contributed by atoms with Crippen LogP contribution in [0.25, 0.3) is 44.7 Å². The van der Waals surface area contributed by atoms with Gasteiger partial charge >= 0.3 is 5.65 Å². The standard InChI is InChI=1S/C45H60N19O31P5/c1-5-48-32-20-33(50-10-49-32)61(11-51-20)42-28(69)29(92-96(73,74)84-6-16-24(65)26(67)40(88-16)62-12-52-21-34(62)54-15(2)55-37(21)70)18(90-42)8-85-97(75,76)93-30-19(91-43(31(30)83-4)63-13-53-22-35(63)56-44(46)58-38(22)71)9-87-99(79,80)95-100(81,82)94-98(77,78)86-7-17-25(66)27(68)41(89-17)64-14-60(3)23-36(64)57-45(47)59-39(23)72/h10-14,16-19,24-31,40-43,65-69H,5-9H2,1-4H3,(H12-,46,47,48,49,50,54,55,56,57,58,59,70,71,72,73,74,75,76,77,78,79,80,81,82)/p-4/t16-,17-,18-,19-,24-,25-,26-,27-,28-,29-,30-,31-,40-,41-,42-,43-/m1/s1. The summed E-state index contributed by atoms with van der Waals surface area (Å²) in [4.78, 5) is 145. The number of nitrogens with zero attached hydrogens (tertiary/aromatic N) is 13. The van der Waals surface area contributed by atoms with Crippen molar-refractivity contribution in [3.05, 3.63) is 68.5 Å². The Balaban J connectivity index is 0.748. The van der Waals surface area contributed by atoms with Crippen LogP contribution in [0.5, 0.6) is 0 Å². The lowest BCUT2D eigenvalue weighted by Crippen LogP contribution is -2.46. The number of aliphatic hydroxyl groups is 5. The maximum atomic E-state index is 14.2. The van der Waals surface area contributed by atoms with Crippen LogP contribution in [0.2, 0.25) is 0 Å². The van der Waals surface area contributed by atoms with Crippen LogP contribution in [0.4, 0.5) is 17.7 Å².